The third-order valence-electron chi connectivity index (χ3n) is 2.68. The Labute approximate surface area is 123 Å². The van der Waals surface area contributed by atoms with Gasteiger partial charge >= 0.3 is 0 Å². The van der Waals surface area contributed by atoms with Crippen molar-refractivity contribution in [3.63, 3.8) is 0 Å². The van der Waals surface area contributed by atoms with E-state index in [2.05, 4.69) is 14.9 Å². The highest BCUT2D eigenvalue weighted by Gasteiger charge is 2.18. The lowest BCUT2D eigenvalue weighted by atomic mass is 10.2. The van der Waals surface area contributed by atoms with Gasteiger partial charge in [0.15, 0.2) is 0 Å². The summed E-state index contributed by atoms with van der Waals surface area (Å²) in [5, 5.41) is 3.74. The molecule has 0 radical (unpaired) electrons. The Hall–Kier alpha value is -2.41. The third kappa shape index (κ3) is 3.79. The summed E-state index contributed by atoms with van der Waals surface area (Å²) in [6, 6.07) is 8.41. The van der Waals surface area contributed by atoms with Crippen LogP contribution in [-0.2, 0) is 10.0 Å². The van der Waals surface area contributed by atoms with Gasteiger partial charge in [-0.2, -0.15) is 18.4 Å². The predicted octanol–water partition coefficient (Wildman–Crippen LogP) is 1.71. The van der Waals surface area contributed by atoms with Gasteiger partial charge in [-0.25, -0.2) is 0 Å². The van der Waals surface area contributed by atoms with Gasteiger partial charge in [0.2, 0.25) is 0 Å². The van der Waals surface area contributed by atoms with E-state index in [-0.39, 0.29) is 10.6 Å². The summed E-state index contributed by atoms with van der Waals surface area (Å²) in [6.07, 6.45) is 4.58. The quantitative estimate of drug-likeness (QED) is 0.673. The predicted molar refractivity (Wildman–Crippen MR) is 79.9 cm³/mol. The van der Waals surface area contributed by atoms with E-state index in [1.807, 2.05) is 0 Å². The van der Waals surface area contributed by atoms with Gasteiger partial charge in [0.1, 0.15) is 10.6 Å². The van der Waals surface area contributed by atoms with E-state index in [1.54, 1.807) is 43.6 Å². The lowest BCUT2D eigenvalue weighted by Crippen LogP contribution is -2.19. The molecule has 2 aromatic rings. The van der Waals surface area contributed by atoms with Gasteiger partial charge < -0.3 is 4.74 Å². The molecule has 0 unspecified atom stereocenters. The summed E-state index contributed by atoms with van der Waals surface area (Å²) in [7, 11) is -2.37. The minimum atomic E-state index is -3.79. The van der Waals surface area contributed by atoms with Crippen LogP contribution in [0.5, 0.6) is 5.75 Å². The lowest BCUT2D eigenvalue weighted by molar-refractivity contribution is 0.402. The SMILES string of the molecule is COc1ccc(C)cc1S(=O)(=O)N/N=C/c1cccnc1. The second kappa shape index (κ2) is 6.36. The van der Waals surface area contributed by atoms with Crippen molar-refractivity contribution in [1.29, 1.82) is 0 Å². The maximum Gasteiger partial charge on any atom is 0.280 e. The largest absolute Gasteiger partial charge is 0.495 e. The average molecular weight is 305 g/mol. The Kier molecular flexibility index (Phi) is 4.54. The molecule has 0 bridgehead atoms. The van der Waals surface area contributed by atoms with E-state index in [4.69, 9.17) is 4.74 Å². The fourth-order valence-electron chi connectivity index (χ4n) is 1.67. The van der Waals surface area contributed by atoms with Crippen LogP contribution in [0.25, 0.3) is 0 Å². The molecule has 7 heteroatoms. The Bertz CT molecular complexity index is 743. The average Bonchev–Trinajstić information content (AvgIpc) is 2.48. The monoisotopic (exact) mass is 305 g/mol. The van der Waals surface area contributed by atoms with Gasteiger partial charge in [0.05, 0.1) is 13.3 Å². The fourth-order valence-corrected chi connectivity index (χ4v) is 2.71. The van der Waals surface area contributed by atoms with Crippen LogP contribution in [0.4, 0.5) is 0 Å². The summed E-state index contributed by atoms with van der Waals surface area (Å²) in [5.74, 6) is 0.268. The molecule has 1 heterocycles. The zero-order valence-corrected chi connectivity index (χ0v) is 12.5. The molecule has 2 rings (SSSR count). The van der Waals surface area contributed by atoms with Crippen LogP contribution in [-0.4, -0.2) is 26.7 Å². The number of aromatic nitrogens is 1. The van der Waals surface area contributed by atoms with Crippen molar-refractivity contribution < 1.29 is 13.2 Å². The number of methoxy groups -OCH3 is 1. The minimum absolute atomic E-state index is 0.0494. The summed E-state index contributed by atoms with van der Waals surface area (Å²) in [4.78, 5) is 6.12. The normalized spacial score (nSPS) is 11.5. The Balaban J connectivity index is 2.23. The van der Waals surface area contributed by atoms with Crippen LogP contribution in [0.1, 0.15) is 11.1 Å². The minimum Gasteiger partial charge on any atom is -0.495 e. The molecule has 0 aliphatic rings. The maximum atomic E-state index is 12.2. The van der Waals surface area contributed by atoms with E-state index in [0.29, 0.717) is 5.56 Å². The first-order valence-electron chi connectivity index (χ1n) is 6.12. The Morgan fingerprint density at radius 3 is 2.81 bits per heavy atom. The molecule has 0 aliphatic carbocycles. The van der Waals surface area contributed by atoms with Gasteiger partial charge in [-0.3, -0.25) is 4.98 Å². The van der Waals surface area contributed by atoms with Crippen LogP contribution in [0.15, 0.2) is 52.7 Å². The molecular weight excluding hydrogens is 290 g/mol. The van der Waals surface area contributed by atoms with Crippen LogP contribution < -0.4 is 9.57 Å². The summed E-state index contributed by atoms with van der Waals surface area (Å²) < 4.78 is 29.5. The third-order valence-corrected chi connectivity index (χ3v) is 3.92. The lowest BCUT2D eigenvalue weighted by Gasteiger charge is -2.09. The molecule has 110 valence electrons. The van der Waals surface area contributed by atoms with Crippen molar-refractivity contribution in [2.24, 2.45) is 5.10 Å². The fraction of sp³-hybridized carbons (Fsp3) is 0.143. The number of nitrogens with zero attached hydrogens (tertiary/aromatic N) is 2. The number of nitrogens with one attached hydrogen (secondary N) is 1. The number of aryl methyl sites for hydroxylation is 1. The van der Waals surface area contributed by atoms with Gasteiger partial charge in [0.25, 0.3) is 10.0 Å². The molecule has 0 fully saturated rings. The van der Waals surface area contributed by atoms with Gasteiger partial charge in [0, 0.05) is 18.0 Å². The molecule has 0 saturated carbocycles. The van der Waals surface area contributed by atoms with E-state index in [0.717, 1.165) is 5.56 Å². The molecule has 1 aromatic heterocycles. The van der Waals surface area contributed by atoms with Gasteiger partial charge in [-0.1, -0.05) is 12.1 Å². The second-order valence-corrected chi connectivity index (χ2v) is 5.92. The molecule has 0 amide bonds. The van der Waals surface area contributed by atoms with E-state index < -0.39 is 10.0 Å². The molecule has 0 spiro atoms. The van der Waals surface area contributed by atoms with E-state index in [9.17, 15) is 8.42 Å². The highest BCUT2D eigenvalue weighted by atomic mass is 32.2. The zero-order chi connectivity index (χ0) is 15.3. The summed E-state index contributed by atoms with van der Waals surface area (Å²) in [6.45, 7) is 1.80. The first-order valence-corrected chi connectivity index (χ1v) is 7.61. The molecule has 0 saturated heterocycles. The number of sulfonamides is 1. The number of rotatable bonds is 5. The maximum absolute atomic E-state index is 12.2. The molecule has 1 aromatic carbocycles. The first-order chi connectivity index (χ1) is 10.0. The second-order valence-electron chi connectivity index (χ2n) is 4.29. The molecule has 0 aliphatic heterocycles. The van der Waals surface area contributed by atoms with Crippen LogP contribution in [0.3, 0.4) is 0 Å². The number of ether oxygens (including phenoxy) is 1. The van der Waals surface area contributed by atoms with Crippen LogP contribution in [0, 0.1) is 6.92 Å². The van der Waals surface area contributed by atoms with Gasteiger partial charge in [-0.05, 0) is 30.7 Å². The van der Waals surface area contributed by atoms with E-state index in [1.165, 1.54) is 19.4 Å². The summed E-state index contributed by atoms with van der Waals surface area (Å²) in [5.41, 5.74) is 1.50. The van der Waals surface area contributed by atoms with Crippen LogP contribution in [0.2, 0.25) is 0 Å². The number of hydrogen-bond acceptors (Lipinski definition) is 5. The Morgan fingerprint density at radius 2 is 2.14 bits per heavy atom. The smallest absolute Gasteiger partial charge is 0.280 e. The molecule has 6 nitrogen and oxygen atoms in total. The highest BCUT2D eigenvalue weighted by Crippen LogP contribution is 2.24. The summed E-state index contributed by atoms with van der Waals surface area (Å²) >= 11 is 0. The number of hydrogen-bond donors (Lipinski definition) is 1. The standard InChI is InChI=1S/C14H15N3O3S/c1-11-5-6-13(20-2)14(8-11)21(18,19)17-16-10-12-4-3-7-15-9-12/h3-10,17H,1-2H3/b16-10+. The number of hydrazone groups is 1. The first kappa shape index (κ1) is 15.0. The zero-order valence-electron chi connectivity index (χ0n) is 11.6. The molecule has 1 N–H and O–H groups in total. The van der Waals surface area contributed by atoms with Crippen molar-refractivity contribution >= 4 is 16.2 Å². The number of benzene rings is 1. The van der Waals surface area contributed by atoms with Crippen molar-refractivity contribution in [1.82, 2.24) is 9.82 Å². The van der Waals surface area contributed by atoms with Crippen molar-refractivity contribution in [3.8, 4) is 5.75 Å². The highest BCUT2D eigenvalue weighted by molar-refractivity contribution is 7.89. The molecule has 21 heavy (non-hydrogen) atoms. The molecular formula is C14H15N3O3S. The van der Waals surface area contributed by atoms with Crippen LogP contribution >= 0.6 is 0 Å². The van der Waals surface area contributed by atoms with Crippen molar-refractivity contribution in [3.05, 3.63) is 53.9 Å². The molecule has 0 atom stereocenters. The van der Waals surface area contributed by atoms with Crippen molar-refractivity contribution in [2.45, 2.75) is 11.8 Å². The number of pyridine rings is 1. The topological polar surface area (TPSA) is 80.7 Å². The van der Waals surface area contributed by atoms with Gasteiger partial charge in [-0.15, -0.1) is 0 Å². The van der Waals surface area contributed by atoms with E-state index >= 15 is 0 Å². The Morgan fingerprint density at radius 1 is 1.33 bits per heavy atom. The van der Waals surface area contributed by atoms with Crippen molar-refractivity contribution in [2.75, 3.05) is 7.11 Å².